The molecular weight excluding hydrogens is 192 g/mol. The standard InChI is InChI=1S/C5H9ClO4S/c1-11(7,8)10-5-3-9-2-4(5)6/h4-5H,2-3H2,1H3. The predicted octanol–water partition coefficient (Wildman–Crippen LogP) is -0.0312. The van der Waals surface area contributed by atoms with E-state index >= 15 is 0 Å². The Kier molecular flexibility index (Phi) is 2.74. The van der Waals surface area contributed by atoms with E-state index in [-0.39, 0.29) is 12.0 Å². The van der Waals surface area contributed by atoms with Crippen LogP contribution in [0.3, 0.4) is 0 Å². The van der Waals surface area contributed by atoms with Gasteiger partial charge in [-0.05, 0) is 0 Å². The normalized spacial score (nSPS) is 32.5. The second-order valence-electron chi connectivity index (χ2n) is 2.39. The summed E-state index contributed by atoms with van der Waals surface area (Å²) in [6.45, 7) is 0.600. The molecule has 0 amide bonds. The maximum atomic E-state index is 10.6. The van der Waals surface area contributed by atoms with Crippen LogP contribution in [-0.2, 0) is 19.0 Å². The van der Waals surface area contributed by atoms with Gasteiger partial charge in [-0.2, -0.15) is 8.42 Å². The highest BCUT2D eigenvalue weighted by Gasteiger charge is 2.30. The fraction of sp³-hybridized carbons (Fsp3) is 1.00. The summed E-state index contributed by atoms with van der Waals surface area (Å²) < 4.78 is 30.7. The first kappa shape index (κ1) is 9.25. The lowest BCUT2D eigenvalue weighted by Crippen LogP contribution is -2.25. The minimum atomic E-state index is -3.40. The molecule has 0 aromatic carbocycles. The summed E-state index contributed by atoms with van der Waals surface area (Å²) in [5.41, 5.74) is 0. The van der Waals surface area contributed by atoms with Gasteiger partial charge in [0.25, 0.3) is 10.1 Å². The molecule has 0 spiro atoms. The van der Waals surface area contributed by atoms with Crippen LogP contribution in [0.5, 0.6) is 0 Å². The topological polar surface area (TPSA) is 52.6 Å². The number of hydrogen-bond donors (Lipinski definition) is 0. The van der Waals surface area contributed by atoms with E-state index in [4.69, 9.17) is 16.3 Å². The van der Waals surface area contributed by atoms with Crippen molar-refractivity contribution in [1.29, 1.82) is 0 Å². The monoisotopic (exact) mass is 200 g/mol. The van der Waals surface area contributed by atoms with Gasteiger partial charge in [0, 0.05) is 0 Å². The Morgan fingerprint density at radius 2 is 2.18 bits per heavy atom. The molecule has 0 radical (unpaired) electrons. The second-order valence-corrected chi connectivity index (χ2v) is 4.55. The van der Waals surface area contributed by atoms with Gasteiger partial charge in [0.1, 0.15) is 6.10 Å². The lowest BCUT2D eigenvalue weighted by Gasteiger charge is -2.09. The SMILES string of the molecule is CS(=O)(=O)OC1COCC1Cl. The molecule has 6 heteroatoms. The van der Waals surface area contributed by atoms with Gasteiger partial charge >= 0.3 is 0 Å². The molecule has 1 fully saturated rings. The second kappa shape index (κ2) is 3.26. The Morgan fingerprint density at radius 3 is 2.55 bits per heavy atom. The fourth-order valence-electron chi connectivity index (χ4n) is 0.821. The number of ether oxygens (including phenoxy) is 1. The molecule has 0 saturated carbocycles. The van der Waals surface area contributed by atoms with Crippen molar-refractivity contribution in [3.8, 4) is 0 Å². The Morgan fingerprint density at radius 1 is 1.55 bits per heavy atom. The highest BCUT2D eigenvalue weighted by molar-refractivity contribution is 7.86. The van der Waals surface area contributed by atoms with Crippen LogP contribution < -0.4 is 0 Å². The van der Waals surface area contributed by atoms with E-state index in [0.29, 0.717) is 6.61 Å². The maximum absolute atomic E-state index is 10.6. The van der Waals surface area contributed by atoms with E-state index in [1.54, 1.807) is 0 Å². The molecule has 0 aromatic rings. The average molecular weight is 201 g/mol. The van der Waals surface area contributed by atoms with Crippen molar-refractivity contribution in [3.63, 3.8) is 0 Å². The molecule has 0 bridgehead atoms. The van der Waals surface area contributed by atoms with Crippen molar-refractivity contribution in [3.05, 3.63) is 0 Å². The van der Waals surface area contributed by atoms with Gasteiger partial charge in [-0.25, -0.2) is 0 Å². The van der Waals surface area contributed by atoms with Gasteiger partial charge < -0.3 is 4.74 Å². The molecular formula is C5H9ClO4S. The quantitative estimate of drug-likeness (QED) is 0.464. The van der Waals surface area contributed by atoms with Crippen LogP contribution >= 0.6 is 11.6 Å². The third-order valence-corrected chi connectivity index (χ3v) is 2.26. The highest BCUT2D eigenvalue weighted by Crippen LogP contribution is 2.16. The summed E-state index contributed by atoms with van der Waals surface area (Å²) in [5, 5.41) is -0.357. The largest absolute Gasteiger partial charge is 0.377 e. The summed E-state index contributed by atoms with van der Waals surface area (Å²) in [7, 11) is -3.40. The van der Waals surface area contributed by atoms with E-state index in [1.165, 1.54) is 0 Å². The molecule has 1 rings (SSSR count). The van der Waals surface area contributed by atoms with Gasteiger partial charge in [0.15, 0.2) is 0 Å². The Labute approximate surface area is 70.6 Å². The number of alkyl halides is 1. The molecule has 1 aliphatic heterocycles. The minimum Gasteiger partial charge on any atom is -0.377 e. The molecule has 11 heavy (non-hydrogen) atoms. The molecule has 0 aromatic heterocycles. The summed E-state index contributed by atoms with van der Waals surface area (Å²) >= 11 is 5.67. The van der Waals surface area contributed by atoms with Crippen LogP contribution in [0.25, 0.3) is 0 Å². The van der Waals surface area contributed by atoms with Crippen molar-refractivity contribution >= 4 is 21.7 Å². The zero-order valence-corrected chi connectivity index (χ0v) is 7.56. The van der Waals surface area contributed by atoms with Crippen molar-refractivity contribution < 1.29 is 17.3 Å². The number of halogens is 1. The number of hydrogen-bond acceptors (Lipinski definition) is 4. The molecule has 0 aliphatic carbocycles. The Balaban J connectivity index is 2.50. The van der Waals surface area contributed by atoms with Crippen LogP contribution in [0.2, 0.25) is 0 Å². The van der Waals surface area contributed by atoms with Crippen LogP contribution in [0.1, 0.15) is 0 Å². The Bertz CT molecular complexity index is 225. The smallest absolute Gasteiger partial charge is 0.264 e. The van der Waals surface area contributed by atoms with Gasteiger partial charge in [-0.3, -0.25) is 4.18 Å². The first-order chi connectivity index (χ1) is 4.99. The van der Waals surface area contributed by atoms with E-state index in [0.717, 1.165) is 6.26 Å². The van der Waals surface area contributed by atoms with E-state index < -0.39 is 16.2 Å². The molecule has 66 valence electrons. The third-order valence-electron chi connectivity index (χ3n) is 1.26. The first-order valence-electron chi connectivity index (χ1n) is 3.09. The maximum Gasteiger partial charge on any atom is 0.264 e. The molecule has 4 nitrogen and oxygen atoms in total. The molecule has 1 saturated heterocycles. The lowest BCUT2D eigenvalue weighted by atomic mass is 10.3. The third kappa shape index (κ3) is 2.94. The van der Waals surface area contributed by atoms with Crippen molar-refractivity contribution in [2.24, 2.45) is 0 Å². The van der Waals surface area contributed by atoms with Crippen LogP contribution in [0.4, 0.5) is 0 Å². The van der Waals surface area contributed by atoms with E-state index in [2.05, 4.69) is 4.18 Å². The predicted molar refractivity (Wildman–Crippen MR) is 40.2 cm³/mol. The van der Waals surface area contributed by atoms with Crippen LogP contribution in [-0.4, -0.2) is 39.4 Å². The fourth-order valence-corrected chi connectivity index (χ4v) is 1.73. The zero-order valence-electron chi connectivity index (χ0n) is 5.99. The first-order valence-corrected chi connectivity index (χ1v) is 5.34. The highest BCUT2D eigenvalue weighted by atomic mass is 35.5. The summed E-state index contributed by atoms with van der Waals surface area (Å²) in [6, 6.07) is 0. The van der Waals surface area contributed by atoms with Gasteiger partial charge in [0.05, 0.1) is 24.8 Å². The van der Waals surface area contributed by atoms with E-state index in [1.807, 2.05) is 0 Å². The van der Waals surface area contributed by atoms with Gasteiger partial charge in [-0.1, -0.05) is 0 Å². The van der Waals surface area contributed by atoms with Crippen molar-refractivity contribution in [2.75, 3.05) is 19.5 Å². The molecule has 2 unspecified atom stereocenters. The summed E-state index contributed by atoms with van der Waals surface area (Å²) in [5.74, 6) is 0. The molecule has 1 heterocycles. The molecule has 0 N–H and O–H groups in total. The number of rotatable bonds is 2. The van der Waals surface area contributed by atoms with Crippen molar-refractivity contribution in [1.82, 2.24) is 0 Å². The molecule has 2 atom stereocenters. The Hall–Kier alpha value is 0.160. The lowest BCUT2D eigenvalue weighted by molar-refractivity contribution is 0.146. The van der Waals surface area contributed by atoms with Gasteiger partial charge in [-0.15, -0.1) is 11.6 Å². The zero-order chi connectivity index (χ0) is 8.48. The van der Waals surface area contributed by atoms with Crippen molar-refractivity contribution in [2.45, 2.75) is 11.5 Å². The average Bonchev–Trinajstić information content (AvgIpc) is 2.12. The minimum absolute atomic E-state index is 0.251. The molecule has 1 aliphatic rings. The summed E-state index contributed by atoms with van der Waals surface area (Å²) in [4.78, 5) is 0. The van der Waals surface area contributed by atoms with Crippen LogP contribution in [0.15, 0.2) is 0 Å². The van der Waals surface area contributed by atoms with Crippen LogP contribution in [0, 0.1) is 0 Å². The summed E-state index contributed by atoms with van der Waals surface area (Å²) in [6.07, 6.45) is 0.473. The van der Waals surface area contributed by atoms with Gasteiger partial charge in [0.2, 0.25) is 0 Å². The van der Waals surface area contributed by atoms with E-state index in [9.17, 15) is 8.42 Å².